The Balaban J connectivity index is 1.55. The number of methoxy groups -OCH3 is 2. The zero-order valence-corrected chi connectivity index (χ0v) is 17.1. The molecule has 0 unspecified atom stereocenters. The van der Waals surface area contributed by atoms with Gasteiger partial charge in [-0.25, -0.2) is 4.39 Å². The van der Waals surface area contributed by atoms with E-state index in [9.17, 15) is 14.0 Å². The SMILES string of the molecule is COc1ccc(OC)c(NC(=O)CCc2nnc(C(=O)Nc3ccc(F)cc3)s2)c1. The Hall–Kier alpha value is -3.53. The molecule has 156 valence electrons. The molecule has 2 N–H and O–H groups in total. The fourth-order valence-corrected chi connectivity index (χ4v) is 3.24. The highest BCUT2D eigenvalue weighted by Crippen LogP contribution is 2.29. The number of hydrogen-bond donors (Lipinski definition) is 2. The van der Waals surface area contributed by atoms with Gasteiger partial charge in [0.25, 0.3) is 5.91 Å². The number of aryl methyl sites for hydroxylation is 1. The first-order valence-corrected chi connectivity index (χ1v) is 9.71. The number of ether oxygens (including phenoxy) is 2. The molecule has 0 aliphatic heterocycles. The minimum atomic E-state index is -0.448. The van der Waals surface area contributed by atoms with Gasteiger partial charge in [-0.2, -0.15) is 0 Å². The first-order chi connectivity index (χ1) is 14.5. The smallest absolute Gasteiger partial charge is 0.286 e. The second kappa shape index (κ2) is 9.79. The summed E-state index contributed by atoms with van der Waals surface area (Å²) >= 11 is 1.09. The molecular weight excluding hydrogens is 411 g/mol. The molecule has 3 rings (SSSR count). The van der Waals surface area contributed by atoms with Gasteiger partial charge in [0.05, 0.1) is 19.9 Å². The number of benzene rings is 2. The van der Waals surface area contributed by atoms with Crippen molar-refractivity contribution in [2.24, 2.45) is 0 Å². The topological polar surface area (TPSA) is 102 Å². The molecule has 0 aliphatic carbocycles. The van der Waals surface area contributed by atoms with Crippen LogP contribution in [0.4, 0.5) is 15.8 Å². The van der Waals surface area contributed by atoms with E-state index in [1.165, 1.54) is 38.5 Å². The van der Waals surface area contributed by atoms with Crippen LogP contribution in [0.25, 0.3) is 0 Å². The molecule has 0 aliphatic rings. The van der Waals surface area contributed by atoms with Crippen molar-refractivity contribution in [1.29, 1.82) is 0 Å². The van der Waals surface area contributed by atoms with E-state index < -0.39 is 11.7 Å². The average molecular weight is 430 g/mol. The highest BCUT2D eigenvalue weighted by Gasteiger charge is 2.15. The molecule has 2 amide bonds. The number of anilines is 2. The summed E-state index contributed by atoms with van der Waals surface area (Å²) in [4.78, 5) is 24.5. The lowest BCUT2D eigenvalue weighted by molar-refractivity contribution is -0.116. The van der Waals surface area contributed by atoms with Crippen LogP contribution in [-0.2, 0) is 11.2 Å². The van der Waals surface area contributed by atoms with E-state index in [4.69, 9.17) is 9.47 Å². The quantitative estimate of drug-likeness (QED) is 0.567. The fourth-order valence-electron chi connectivity index (χ4n) is 2.51. The summed E-state index contributed by atoms with van der Waals surface area (Å²) in [6.07, 6.45) is 0.466. The van der Waals surface area contributed by atoms with Crippen LogP contribution in [0.5, 0.6) is 11.5 Å². The molecule has 0 radical (unpaired) electrons. The van der Waals surface area contributed by atoms with Gasteiger partial charge in [-0.15, -0.1) is 10.2 Å². The Morgan fingerprint density at radius 1 is 1.03 bits per heavy atom. The van der Waals surface area contributed by atoms with Gasteiger partial charge >= 0.3 is 0 Å². The van der Waals surface area contributed by atoms with E-state index >= 15 is 0 Å². The van der Waals surface area contributed by atoms with Crippen molar-refractivity contribution in [2.45, 2.75) is 12.8 Å². The summed E-state index contributed by atoms with van der Waals surface area (Å²) in [6.45, 7) is 0. The minimum Gasteiger partial charge on any atom is -0.497 e. The van der Waals surface area contributed by atoms with Crippen LogP contribution < -0.4 is 20.1 Å². The van der Waals surface area contributed by atoms with Crippen molar-refractivity contribution in [3.8, 4) is 11.5 Å². The van der Waals surface area contributed by atoms with E-state index in [0.717, 1.165) is 11.3 Å². The maximum Gasteiger partial charge on any atom is 0.286 e. The van der Waals surface area contributed by atoms with Crippen LogP contribution in [0.3, 0.4) is 0 Å². The number of nitrogens with zero attached hydrogens (tertiary/aromatic N) is 2. The molecule has 30 heavy (non-hydrogen) atoms. The maximum atomic E-state index is 12.9. The van der Waals surface area contributed by atoms with Crippen molar-refractivity contribution in [3.63, 3.8) is 0 Å². The van der Waals surface area contributed by atoms with E-state index in [2.05, 4.69) is 20.8 Å². The van der Waals surface area contributed by atoms with Crippen LogP contribution in [-0.4, -0.2) is 36.2 Å². The first-order valence-electron chi connectivity index (χ1n) is 8.89. The monoisotopic (exact) mass is 430 g/mol. The number of hydrogen-bond acceptors (Lipinski definition) is 7. The average Bonchev–Trinajstić information content (AvgIpc) is 3.23. The fraction of sp³-hybridized carbons (Fsp3) is 0.200. The normalized spacial score (nSPS) is 10.4. The zero-order valence-electron chi connectivity index (χ0n) is 16.3. The molecule has 10 heteroatoms. The highest BCUT2D eigenvalue weighted by molar-refractivity contribution is 7.13. The maximum absolute atomic E-state index is 12.9. The lowest BCUT2D eigenvalue weighted by atomic mass is 10.2. The minimum absolute atomic E-state index is 0.147. The van der Waals surface area contributed by atoms with Gasteiger partial charge in [0.2, 0.25) is 10.9 Å². The largest absolute Gasteiger partial charge is 0.497 e. The predicted molar refractivity (Wildman–Crippen MR) is 111 cm³/mol. The molecule has 0 bridgehead atoms. The number of halogens is 1. The van der Waals surface area contributed by atoms with Gasteiger partial charge < -0.3 is 20.1 Å². The summed E-state index contributed by atoms with van der Waals surface area (Å²) in [6, 6.07) is 10.5. The van der Waals surface area contributed by atoms with E-state index in [0.29, 0.717) is 34.3 Å². The van der Waals surface area contributed by atoms with Gasteiger partial charge in [-0.3, -0.25) is 9.59 Å². The number of aromatic nitrogens is 2. The van der Waals surface area contributed by atoms with Crippen molar-refractivity contribution < 1.29 is 23.5 Å². The van der Waals surface area contributed by atoms with E-state index in [1.807, 2.05) is 0 Å². The number of nitrogens with one attached hydrogen (secondary N) is 2. The molecule has 1 aromatic heterocycles. The molecule has 3 aromatic rings. The molecule has 8 nitrogen and oxygen atoms in total. The van der Waals surface area contributed by atoms with E-state index in [-0.39, 0.29) is 17.3 Å². The summed E-state index contributed by atoms with van der Waals surface area (Å²) in [5.74, 6) is 0.0212. The Bertz CT molecular complexity index is 1040. The highest BCUT2D eigenvalue weighted by atomic mass is 32.1. The summed E-state index contributed by atoms with van der Waals surface area (Å²) < 4.78 is 23.3. The molecular formula is C20H19FN4O4S. The summed E-state index contributed by atoms with van der Waals surface area (Å²) in [5, 5.41) is 13.9. The molecule has 0 saturated carbocycles. The Kier molecular flexibility index (Phi) is 6.91. The molecule has 1 heterocycles. The van der Waals surface area contributed by atoms with Crippen LogP contribution in [0, 0.1) is 5.82 Å². The lowest BCUT2D eigenvalue weighted by Crippen LogP contribution is -2.13. The third kappa shape index (κ3) is 5.51. The van der Waals surface area contributed by atoms with Crippen molar-refractivity contribution in [2.75, 3.05) is 24.9 Å². The van der Waals surface area contributed by atoms with Gasteiger partial charge in [0.1, 0.15) is 22.3 Å². The van der Waals surface area contributed by atoms with Crippen LogP contribution in [0.15, 0.2) is 42.5 Å². The van der Waals surface area contributed by atoms with Gasteiger partial charge in [0.15, 0.2) is 0 Å². The van der Waals surface area contributed by atoms with Crippen molar-refractivity contribution >= 4 is 34.5 Å². The summed E-state index contributed by atoms with van der Waals surface area (Å²) in [5.41, 5.74) is 0.947. The third-order valence-corrected chi connectivity index (χ3v) is 4.99. The predicted octanol–water partition coefficient (Wildman–Crippen LogP) is 3.52. The molecule has 0 saturated heterocycles. The van der Waals surface area contributed by atoms with E-state index in [1.54, 1.807) is 18.2 Å². The zero-order chi connectivity index (χ0) is 21.5. The molecule has 0 spiro atoms. The molecule has 0 atom stereocenters. The van der Waals surface area contributed by atoms with Crippen molar-refractivity contribution in [3.05, 3.63) is 58.3 Å². The Morgan fingerprint density at radius 2 is 1.80 bits per heavy atom. The van der Waals surface area contributed by atoms with Gasteiger partial charge in [-0.05, 0) is 36.4 Å². The van der Waals surface area contributed by atoms with Crippen LogP contribution >= 0.6 is 11.3 Å². The third-order valence-electron chi connectivity index (χ3n) is 4.01. The molecule has 0 fully saturated rings. The number of amides is 2. The Morgan fingerprint density at radius 3 is 2.50 bits per heavy atom. The Labute approximate surface area is 176 Å². The standard InChI is InChI=1S/C20H19FN4O4S/c1-28-14-7-8-16(29-2)15(11-14)23-17(26)9-10-18-24-25-20(30-18)19(27)22-13-5-3-12(21)4-6-13/h3-8,11H,9-10H2,1-2H3,(H,22,27)(H,23,26). The lowest BCUT2D eigenvalue weighted by Gasteiger charge is -2.11. The second-order valence-corrected chi connectivity index (χ2v) is 7.14. The molecule has 2 aromatic carbocycles. The van der Waals surface area contributed by atoms with Gasteiger partial charge in [-0.1, -0.05) is 11.3 Å². The van der Waals surface area contributed by atoms with Gasteiger partial charge in [0, 0.05) is 24.6 Å². The number of carbonyl (C=O) groups is 2. The van der Waals surface area contributed by atoms with Crippen LogP contribution in [0.1, 0.15) is 21.2 Å². The number of rotatable bonds is 8. The second-order valence-electron chi connectivity index (χ2n) is 6.08. The first kappa shape index (κ1) is 21.2. The summed E-state index contributed by atoms with van der Waals surface area (Å²) in [7, 11) is 3.05. The van der Waals surface area contributed by atoms with Crippen molar-refractivity contribution in [1.82, 2.24) is 10.2 Å². The van der Waals surface area contributed by atoms with Crippen LogP contribution in [0.2, 0.25) is 0 Å². The number of carbonyl (C=O) groups excluding carboxylic acids is 2.